The molecule has 1 heterocycles. The van der Waals surface area contributed by atoms with E-state index in [2.05, 4.69) is 50.2 Å². The molecule has 1 aromatic carbocycles. The molecule has 6 rings (SSSR count). The van der Waals surface area contributed by atoms with Crippen molar-refractivity contribution in [1.82, 2.24) is 0 Å². The zero-order valence-corrected chi connectivity index (χ0v) is 19.4. The van der Waals surface area contributed by atoms with E-state index < -0.39 is 0 Å². The Balaban J connectivity index is 1.28. The van der Waals surface area contributed by atoms with E-state index in [0.717, 1.165) is 35.5 Å². The quantitative estimate of drug-likeness (QED) is 0.509. The Hall–Kier alpha value is -1.02. The van der Waals surface area contributed by atoms with Crippen LogP contribution in [0.5, 0.6) is 0 Å². The van der Waals surface area contributed by atoms with Gasteiger partial charge in [0.2, 0.25) is 0 Å². The molecule has 30 heavy (non-hydrogen) atoms. The Kier molecular flexibility index (Phi) is 4.75. The highest BCUT2D eigenvalue weighted by Crippen LogP contribution is 2.67. The van der Waals surface area contributed by atoms with Crippen LogP contribution in [-0.2, 0) is 4.74 Å². The van der Waals surface area contributed by atoms with E-state index in [1.54, 1.807) is 0 Å². The summed E-state index contributed by atoms with van der Waals surface area (Å²) >= 11 is 0. The molecule has 2 heteroatoms. The van der Waals surface area contributed by atoms with E-state index in [0.29, 0.717) is 17.6 Å². The second kappa shape index (κ2) is 7.26. The first-order valence-corrected chi connectivity index (χ1v) is 13.0. The summed E-state index contributed by atoms with van der Waals surface area (Å²) in [6, 6.07) is 9.18. The molecular weight excluding hydrogens is 366 g/mol. The van der Waals surface area contributed by atoms with Gasteiger partial charge >= 0.3 is 0 Å². The van der Waals surface area contributed by atoms with Gasteiger partial charge < -0.3 is 9.64 Å². The summed E-state index contributed by atoms with van der Waals surface area (Å²) in [5.74, 6) is 5.81. The van der Waals surface area contributed by atoms with Crippen LogP contribution in [0.4, 0.5) is 5.69 Å². The summed E-state index contributed by atoms with van der Waals surface area (Å²) in [5, 5.41) is 0. The molecule has 2 nitrogen and oxygen atoms in total. The highest BCUT2D eigenvalue weighted by Gasteiger charge is 2.61. The van der Waals surface area contributed by atoms with Crippen molar-refractivity contribution in [1.29, 1.82) is 0 Å². The smallest absolute Gasteiger partial charge is 0.109 e. The fourth-order valence-corrected chi connectivity index (χ4v) is 9.06. The van der Waals surface area contributed by atoms with Gasteiger partial charge in [0.15, 0.2) is 0 Å². The Bertz CT molecular complexity index is 771. The second-order valence-electron chi connectivity index (χ2n) is 12.1. The third kappa shape index (κ3) is 3.07. The van der Waals surface area contributed by atoms with Crippen molar-refractivity contribution in [3.63, 3.8) is 0 Å². The van der Waals surface area contributed by atoms with Gasteiger partial charge in [-0.3, -0.25) is 0 Å². The van der Waals surface area contributed by atoms with Gasteiger partial charge in [-0.2, -0.15) is 0 Å². The van der Waals surface area contributed by atoms with Crippen molar-refractivity contribution in [2.75, 3.05) is 19.0 Å². The molecule has 0 spiro atoms. The minimum atomic E-state index is 0.359. The van der Waals surface area contributed by atoms with E-state index in [9.17, 15) is 0 Å². The standard InChI is InChI=1S/C28H41NO/c1-28-16-6-9-24(28)22-15-12-18-7-4-5-8-21(18)25(22)23(17-28)27-26(30-27)19-10-13-20(14-11-19)29(2)3/h10-11,13-14,18,21-27H,4-9,12,15-17H2,1-3H3/t18-,21+,22+,23+,24+,25-,26?,27-,28+/m1/s1. The molecule has 1 saturated heterocycles. The van der Waals surface area contributed by atoms with E-state index in [1.807, 2.05) is 0 Å². The zero-order valence-electron chi connectivity index (χ0n) is 19.4. The van der Waals surface area contributed by atoms with Crippen molar-refractivity contribution in [2.24, 2.45) is 40.9 Å². The molecule has 1 aliphatic heterocycles. The monoisotopic (exact) mass is 407 g/mol. The number of hydrogen-bond acceptors (Lipinski definition) is 2. The van der Waals surface area contributed by atoms with Crippen molar-refractivity contribution in [2.45, 2.75) is 83.3 Å². The van der Waals surface area contributed by atoms with Crippen LogP contribution in [0.3, 0.4) is 0 Å². The molecule has 1 unspecified atom stereocenters. The third-order valence-corrected chi connectivity index (χ3v) is 10.4. The topological polar surface area (TPSA) is 15.8 Å². The van der Waals surface area contributed by atoms with Crippen molar-refractivity contribution < 1.29 is 4.74 Å². The molecule has 0 amide bonds. The maximum Gasteiger partial charge on any atom is 0.109 e. The lowest BCUT2D eigenvalue weighted by molar-refractivity contribution is -0.0929. The predicted molar refractivity (Wildman–Crippen MR) is 124 cm³/mol. The van der Waals surface area contributed by atoms with E-state index in [4.69, 9.17) is 4.74 Å². The van der Waals surface area contributed by atoms with Crippen LogP contribution in [0, 0.1) is 40.9 Å². The van der Waals surface area contributed by atoms with Gasteiger partial charge in [0.05, 0.1) is 6.10 Å². The molecule has 0 aromatic heterocycles. The molecule has 0 bridgehead atoms. The van der Waals surface area contributed by atoms with Crippen LogP contribution in [0.1, 0.15) is 82.8 Å². The molecule has 164 valence electrons. The van der Waals surface area contributed by atoms with Crippen LogP contribution in [0.2, 0.25) is 0 Å². The van der Waals surface area contributed by atoms with E-state index in [-0.39, 0.29) is 0 Å². The van der Waals surface area contributed by atoms with E-state index in [1.165, 1.54) is 75.5 Å². The maximum absolute atomic E-state index is 6.55. The Labute approximate surface area is 183 Å². The summed E-state index contributed by atoms with van der Waals surface area (Å²) in [7, 11) is 4.24. The van der Waals surface area contributed by atoms with Crippen LogP contribution in [0.15, 0.2) is 24.3 Å². The minimum absolute atomic E-state index is 0.359. The largest absolute Gasteiger partial charge is 0.378 e. The summed E-state index contributed by atoms with van der Waals surface area (Å²) in [6.07, 6.45) is 15.8. The average Bonchev–Trinajstić information content (AvgIpc) is 3.46. The Morgan fingerprint density at radius 2 is 1.67 bits per heavy atom. The van der Waals surface area contributed by atoms with Crippen LogP contribution in [0.25, 0.3) is 0 Å². The van der Waals surface area contributed by atoms with Crippen molar-refractivity contribution in [3.05, 3.63) is 29.8 Å². The van der Waals surface area contributed by atoms with Crippen LogP contribution >= 0.6 is 0 Å². The number of anilines is 1. The SMILES string of the molecule is CN(C)c1ccc(C2O[C@@H]2[C@H]2C[C@]3(C)CCC[C@H]3[C@@H]3CC[C@H]4CCCC[C@@H]4[C@H]32)cc1. The zero-order chi connectivity index (χ0) is 20.5. The molecule has 1 aromatic rings. The Morgan fingerprint density at radius 3 is 2.47 bits per heavy atom. The lowest BCUT2D eigenvalue weighted by atomic mass is 9.47. The molecule has 5 fully saturated rings. The average molecular weight is 408 g/mol. The summed E-state index contributed by atoms with van der Waals surface area (Å²) < 4.78 is 6.55. The lowest BCUT2D eigenvalue weighted by Crippen LogP contribution is -2.52. The maximum atomic E-state index is 6.55. The van der Waals surface area contributed by atoms with Crippen molar-refractivity contribution >= 4 is 5.69 Å². The van der Waals surface area contributed by atoms with Gasteiger partial charge in [0.25, 0.3) is 0 Å². The third-order valence-electron chi connectivity index (χ3n) is 10.4. The summed E-state index contributed by atoms with van der Waals surface area (Å²) in [4.78, 5) is 2.19. The van der Waals surface area contributed by atoms with Crippen LogP contribution < -0.4 is 4.90 Å². The minimum Gasteiger partial charge on any atom is -0.378 e. The Morgan fingerprint density at radius 1 is 0.867 bits per heavy atom. The van der Waals surface area contributed by atoms with Crippen LogP contribution in [-0.4, -0.2) is 20.2 Å². The molecule has 0 radical (unpaired) electrons. The number of ether oxygens (including phenoxy) is 1. The lowest BCUT2D eigenvalue weighted by Gasteiger charge is -2.58. The molecule has 5 aliphatic rings. The highest BCUT2D eigenvalue weighted by atomic mass is 16.6. The molecular formula is C28H41NO. The highest BCUT2D eigenvalue weighted by molar-refractivity contribution is 5.47. The molecule has 4 saturated carbocycles. The van der Waals surface area contributed by atoms with Gasteiger partial charge in [-0.15, -0.1) is 0 Å². The fourth-order valence-electron chi connectivity index (χ4n) is 9.06. The molecule has 9 atom stereocenters. The van der Waals surface area contributed by atoms with Gasteiger partial charge in [-0.25, -0.2) is 0 Å². The number of fused-ring (bicyclic) bond motifs is 5. The van der Waals surface area contributed by atoms with Crippen molar-refractivity contribution in [3.8, 4) is 0 Å². The van der Waals surface area contributed by atoms with Gasteiger partial charge in [-0.1, -0.05) is 44.7 Å². The van der Waals surface area contributed by atoms with Gasteiger partial charge in [-0.05, 0) is 97.1 Å². The number of epoxide rings is 1. The normalized spacial score (nSPS) is 47.2. The molecule has 4 aliphatic carbocycles. The molecule has 0 N–H and O–H groups in total. The first kappa shape index (κ1) is 19.6. The predicted octanol–water partition coefficient (Wildman–Crippen LogP) is 6.85. The first-order chi connectivity index (χ1) is 14.5. The number of rotatable bonds is 3. The van der Waals surface area contributed by atoms with E-state index >= 15 is 0 Å². The number of benzene rings is 1. The second-order valence-corrected chi connectivity index (χ2v) is 12.1. The number of hydrogen-bond donors (Lipinski definition) is 0. The number of nitrogens with zero attached hydrogens (tertiary/aromatic N) is 1. The first-order valence-electron chi connectivity index (χ1n) is 13.0. The summed E-state index contributed by atoms with van der Waals surface area (Å²) in [5.41, 5.74) is 3.29. The van der Waals surface area contributed by atoms with Gasteiger partial charge in [0, 0.05) is 19.8 Å². The van der Waals surface area contributed by atoms with Gasteiger partial charge in [0.1, 0.15) is 6.10 Å². The fraction of sp³-hybridized carbons (Fsp3) is 0.786. The summed E-state index contributed by atoms with van der Waals surface area (Å²) in [6.45, 7) is 2.66.